The summed E-state index contributed by atoms with van der Waals surface area (Å²) in [5.41, 5.74) is 0.885. The number of hydrogen-bond donors (Lipinski definition) is 1. The van der Waals surface area contributed by atoms with E-state index in [0.717, 1.165) is 18.6 Å². The van der Waals surface area contributed by atoms with Crippen LogP contribution in [-0.2, 0) is 0 Å². The van der Waals surface area contributed by atoms with Crippen molar-refractivity contribution in [3.05, 3.63) is 54.4 Å². The maximum Gasteiger partial charge on any atom is 0.277 e. The lowest BCUT2D eigenvalue weighted by atomic mass is 10.2. The normalized spacial score (nSPS) is 13.7. The minimum absolute atomic E-state index is 0.287. The van der Waals surface area contributed by atoms with Gasteiger partial charge in [-0.05, 0) is 25.0 Å². The molecule has 1 fully saturated rings. The van der Waals surface area contributed by atoms with Crippen molar-refractivity contribution < 1.29 is 14.1 Å². The monoisotopic (exact) mass is 284 g/mol. The quantitative estimate of drug-likeness (QED) is 0.826. The third-order valence-electron chi connectivity index (χ3n) is 3.23. The highest BCUT2D eigenvalue weighted by Crippen LogP contribution is 2.40. The first-order valence-corrected chi connectivity index (χ1v) is 6.88. The number of carbonyl (C=O) groups excluding carboxylic acids is 1. The van der Waals surface area contributed by atoms with Gasteiger partial charge < -0.3 is 14.6 Å². The molecule has 1 amide bonds. The SMILES string of the molecule is C=CCOc1ccccc1NC(=O)c1cc(C2CC2)on1. The van der Waals surface area contributed by atoms with Gasteiger partial charge in [0.2, 0.25) is 0 Å². The minimum Gasteiger partial charge on any atom is -0.487 e. The molecule has 1 aromatic heterocycles. The predicted molar refractivity (Wildman–Crippen MR) is 78.6 cm³/mol. The van der Waals surface area contributed by atoms with E-state index < -0.39 is 0 Å². The van der Waals surface area contributed by atoms with E-state index in [1.165, 1.54) is 0 Å². The van der Waals surface area contributed by atoms with Crippen LogP contribution in [0.3, 0.4) is 0 Å². The van der Waals surface area contributed by atoms with Crippen molar-refractivity contribution in [3.63, 3.8) is 0 Å². The number of hydrogen-bond acceptors (Lipinski definition) is 4. The third-order valence-corrected chi connectivity index (χ3v) is 3.23. The van der Waals surface area contributed by atoms with Crippen LogP contribution < -0.4 is 10.1 Å². The van der Waals surface area contributed by atoms with Crippen LogP contribution in [0.25, 0.3) is 0 Å². The highest BCUT2D eigenvalue weighted by atomic mass is 16.5. The number of ether oxygens (including phenoxy) is 1. The van der Waals surface area contributed by atoms with E-state index in [2.05, 4.69) is 17.1 Å². The zero-order valence-corrected chi connectivity index (χ0v) is 11.5. The Morgan fingerprint density at radius 3 is 3.05 bits per heavy atom. The summed E-state index contributed by atoms with van der Waals surface area (Å²) in [7, 11) is 0. The van der Waals surface area contributed by atoms with Gasteiger partial charge in [-0.25, -0.2) is 0 Å². The van der Waals surface area contributed by atoms with Gasteiger partial charge in [-0.2, -0.15) is 0 Å². The average Bonchev–Trinajstić information content (AvgIpc) is 3.23. The topological polar surface area (TPSA) is 64.4 Å². The van der Waals surface area contributed by atoms with Crippen LogP contribution in [0, 0.1) is 0 Å². The lowest BCUT2D eigenvalue weighted by Gasteiger charge is -2.10. The van der Waals surface area contributed by atoms with Gasteiger partial charge in [0, 0.05) is 12.0 Å². The Morgan fingerprint density at radius 2 is 2.29 bits per heavy atom. The van der Waals surface area contributed by atoms with E-state index in [-0.39, 0.29) is 11.6 Å². The molecule has 108 valence electrons. The molecule has 1 aliphatic rings. The first-order chi connectivity index (χ1) is 10.3. The van der Waals surface area contributed by atoms with Gasteiger partial charge >= 0.3 is 0 Å². The second kappa shape index (κ2) is 5.83. The molecule has 0 atom stereocenters. The van der Waals surface area contributed by atoms with Crippen molar-refractivity contribution >= 4 is 11.6 Å². The van der Waals surface area contributed by atoms with Crippen LogP contribution in [0.2, 0.25) is 0 Å². The van der Waals surface area contributed by atoms with E-state index in [1.807, 2.05) is 12.1 Å². The minimum atomic E-state index is -0.305. The van der Waals surface area contributed by atoms with Crippen molar-refractivity contribution in [1.82, 2.24) is 5.16 Å². The van der Waals surface area contributed by atoms with Crippen LogP contribution >= 0.6 is 0 Å². The van der Waals surface area contributed by atoms with E-state index in [1.54, 1.807) is 24.3 Å². The first-order valence-electron chi connectivity index (χ1n) is 6.88. The Hall–Kier alpha value is -2.56. The van der Waals surface area contributed by atoms with E-state index in [4.69, 9.17) is 9.26 Å². The molecule has 1 aliphatic carbocycles. The molecule has 0 radical (unpaired) electrons. The maximum atomic E-state index is 12.2. The van der Waals surface area contributed by atoms with E-state index >= 15 is 0 Å². The molecule has 1 saturated carbocycles. The second-order valence-electron chi connectivity index (χ2n) is 4.94. The molecule has 2 aromatic rings. The Kier molecular flexibility index (Phi) is 3.73. The van der Waals surface area contributed by atoms with Crippen LogP contribution in [0.1, 0.15) is 35.0 Å². The van der Waals surface area contributed by atoms with Crippen LogP contribution in [-0.4, -0.2) is 17.7 Å². The first kappa shape index (κ1) is 13.4. The van der Waals surface area contributed by atoms with Gasteiger partial charge in [0.25, 0.3) is 5.91 Å². The van der Waals surface area contributed by atoms with Gasteiger partial charge in [0.1, 0.15) is 18.1 Å². The van der Waals surface area contributed by atoms with Gasteiger partial charge in [-0.3, -0.25) is 4.79 Å². The van der Waals surface area contributed by atoms with Crippen molar-refractivity contribution in [2.45, 2.75) is 18.8 Å². The lowest BCUT2D eigenvalue weighted by molar-refractivity contribution is 0.101. The molecule has 5 heteroatoms. The molecule has 21 heavy (non-hydrogen) atoms. The van der Waals surface area contributed by atoms with E-state index in [0.29, 0.717) is 24.0 Å². The van der Waals surface area contributed by atoms with Crippen LogP contribution in [0.4, 0.5) is 5.69 Å². The molecule has 1 heterocycles. The maximum absolute atomic E-state index is 12.2. The zero-order chi connectivity index (χ0) is 14.7. The van der Waals surface area contributed by atoms with Crippen LogP contribution in [0.15, 0.2) is 47.5 Å². The van der Waals surface area contributed by atoms with Crippen molar-refractivity contribution in [2.75, 3.05) is 11.9 Å². The Bertz CT molecular complexity index is 659. The molecular weight excluding hydrogens is 268 g/mol. The molecular formula is C16H16N2O3. The summed E-state index contributed by atoms with van der Waals surface area (Å²) >= 11 is 0. The average molecular weight is 284 g/mol. The largest absolute Gasteiger partial charge is 0.487 e. The number of rotatable bonds is 6. The fraction of sp³-hybridized carbons (Fsp3) is 0.250. The van der Waals surface area contributed by atoms with Gasteiger partial charge in [-0.15, -0.1) is 0 Å². The molecule has 3 rings (SSSR count). The van der Waals surface area contributed by atoms with Gasteiger partial charge in [-0.1, -0.05) is 29.9 Å². The third kappa shape index (κ3) is 3.13. The number of para-hydroxylation sites is 2. The number of benzene rings is 1. The number of anilines is 1. The predicted octanol–water partition coefficient (Wildman–Crippen LogP) is 3.37. The highest BCUT2D eigenvalue weighted by Gasteiger charge is 2.29. The molecule has 1 N–H and O–H groups in total. The molecule has 0 saturated heterocycles. The summed E-state index contributed by atoms with van der Waals surface area (Å²) in [4.78, 5) is 12.2. The van der Waals surface area contributed by atoms with Gasteiger partial charge in [0.05, 0.1) is 5.69 Å². The number of nitrogens with one attached hydrogen (secondary N) is 1. The Balaban J connectivity index is 1.72. The van der Waals surface area contributed by atoms with Crippen LogP contribution in [0.5, 0.6) is 5.75 Å². The standard InChI is InChI=1S/C16H16N2O3/c1-2-9-20-14-6-4-3-5-12(14)17-16(19)13-10-15(21-18-13)11-7-8-11/h2-6,10-11H,1,7-9H2,(H,17,19). The molecule has 5 nitrogen and oxygen atoms in total. The summed E-state index contributed by atoms with van der Waals surface area (Å²) in [5.74, 6) is 1.51. The lowest BCUT2D eigenvalue weighted by Crippen LogP contribution is -2.13. The van der Waals surface area contributed by atoms with Gasteiger partial charge in [0.15, 0.2) is 5.69 Å². The molecule has 0 spiro atoms. The number of carbonyl (C=O) groups is 1. The molecule has 1 aromatic carbocycles. The number of nitrogens with zero attached hydrogens (tertiary/aromatic N) is 1. The summed E-state index contributed by atoms with van der Waals surface area (Å²) in [6, 6.07) is 8.94. The van der Waals surface area contributed by atoms with Crippen molar-refractivity contribution in [1.29, 1.82) is 0 Å². The highest BCUT2D eigenvalue weighted by molar-refractivity contribution is 6.03. The summed E-state index contributed by atoms with van der Waals surface area (Å²) < 4.78 is 10.7. The number of amides is 1. The van der Waals surface area contributed by atoms with Crippen molar-refractivity contribution in [2.24, 2.45) is 0 Å². The smallest absolute Gasteiger partial charge is 0.277 e. The summed E-state index contributed by atoms with van der Waals surface area (Å²) in [5, 5.41) is 6.61. The Morgan fingerprint density at radius 1 is 1.48 bits per heavy atom. The summed E-state index contributed by atoms with van der Waals surface area (Å²) in [6.07, 6.45) is 3.86. The molecule has 0 unspecified atom stereocenters. The molecule has 0 bridgehead atoms. The second-order valence-corrected chi connectivity index (χ2v) is 4.94. The van der Waals surface area contributed by atoms with E-state index in [9.17, 15) is 4.79 Å². The zero-order valence-electron chi connectivity index (χ0n) is 11.5. The Labute approximate surface area is 122 Å². The fourth-order valence-electron chi connectivity index (χ4n) is 1.99. The fourth-order valence-corrected chi connectivity index (χ4v) is 1.99. The summed E-state index contributed by atoms with van der Waals surface area (Å²) in [6.45, 7) is 3.98. The van der Waals surface area contributed by atoms with Crippen molar-refractivity contribution in [3.8, 4) is 5.75 Å². The molecule has 0 aliphatic heterocycles. The number of aromatic nitrogens is 1.